The summed E-state index contributed by atoms with van der Waals surface area (Å²) in [7, 11) is 0. The van der Waals surface area contributed by atoms with Crippen LogP contribution in [-0.4, -0.2) is 12.5 Å². The number of rotatable bonds is 3. The first-order chi connectivity index (χ1) is 10.4. The molecule has 1 saturated carbocycles. The number of amides is 1. The number of allylic oxidation sites excluding steroid dienone is 2. The Morgan fingerprint density at radius 2 is 2.18 bits per heavy atom. The summed E-state index contributed by atoms with van der Waals surface area (Å²) in [6, 6.07) is 0. The molecule has 4 heteroatoms. The Morgan fingerprint density at radius 1 is 1.45 bits per heavy atom. The molecule has 0 radical (unpaired) electrons. The molecule has 3 aliphatic rings. The molecule has 120 valence electrons. The summed E-state index contributed by atoms with van der Waals surface area (Å²) in [5.74, 6) is 1.39. The van der Waals surface area contributed by atoms with Gasteiger partial charge in [-0.25, -0.2) is 0 Å². The van der Waals surface area contributed by atoms with E-state index in [1.165, 1.54) is 30.6 Å². The van der Waals surface area contributed by atoms with E-state index in [4.69, 9.17) is 11.6 Å². The molecule has 4 rings (SSSR count). The number of thiophene rings is 1. The lowest BCUT2D eigenvalue weighted by molar-refractivity contribution is 0.0909. The number of hydrogen-bond acceptors (Lipinski definition) is 2. The van der Waals surface area contributed by atoms with Crippen LogP contribution in [0.1, 0.15) is 54.8 Å². The number of halogens is 1. The van der Waals surface area contributed by atoms with Crippen molar-refractivity contribution in [3.8, 4) is 0 Å². The molecule has 3 aliphatic carbocycles. The van der Waals surface area contributed by atoms with E-state index in [1.54, 1.807) is 5.57 Å². The smallest absolute Gasteiger partial charge is 0.262 e. The van der Waals surface area contributed by atoms with Gasteiger partial charge in [-0.2, -0.15) is 0 Å². The second-order valence-electron chi connectivity index (χ2n) is 7.54. The van der Waals surface area contributed by atoms with Gasteiger partial charge in [-0.15, -0.1) is 11.3 Å². The minimum atomic E-state index is -0.0242. The number of carbonyl (C=O) groups is 1. The molecule has 2 bridgehead atoms. The summed E-state index contributed by atoms with van der Waals surface area (Å²) in [6.45, 7) is 7.30. The van der Waals surface area contributed by atoms with Gasteiger partial charge in [0.25, 0.3) is 5.91 Å². The first kappa shape index (κ1) is 16.1. The molecule has 0 spiro atoms. The zero-order valence-corrected chi connectivity index (χ0v) is 15.1. The predicted octanol–water partition coefficient (Wildman–Crippen LogP) is 5.21. The van der Waals surface area contributed by atoms with E-state index in [0.717, 1.165) is 24.4 Å². The SMILES string of the molecule is Cc1csc(C(=O)NCC2(C)CC(C)C=C3CC(C3)C2)c1Cl. The molecule has 1 amide bonds. The van der Waals surface area contributed by atoms with Crippen molar-refractivity contribution in [1.29, 1.82) is 0 Å². The Bertz CT molecular complexity index is 613. The number of carbonyl (C=O) groups excluding carboxylic acids is 1. The maximum absolute atomic E-state index is 12.4. The Kier molecular flexibility index (Phi) is 4.39. The van der Waals surface area contributed by atoms with Crippen LogP contribution in [0.3, 0.4) is 0 Å². The minimum Gasteiger partial charge on any atom is -0.351 e. The second kappa shape index (κ2) is 6.01. The third-order valence-corrected chi connectivity index (χ3v) is 6.70. The van der Waals surface area contributed by atoms with Crippen LogP contribution in [0.25, 0.3) is 0 Å². The molecule has 1 fully saturated rings. The van der Waals surface area contributed by atoms with Crippen LogP contribution in [0.4, 0.5) is 0 Å². The minimum absolute atomic E-state index is 0.0242. The highest BCUT2D eigenvalue weighted by molar-refractivity contribution is 7.13. The molecule has 0 aromatic carbocycles. The third kappa shape index (κ3) is 3.26. The third-order valence-electron chi connectivity index (χ3n) is 5.00. The molecular weight excluding hydrogens is 314 g/mol. The van der Waals surface area contributed by atoms with Crippen molar-refractivity contribution in [3.05, 3.63) is 32.5 Å². The van der Waals surface area contributed by atoms with Gasteiger partial charge in [-0.1, -0.05) is 37.1 Å². The molecule has 2 atom stereocenters. The lowest BCUT2D eigenvalue weighted by Gasteiger charge is -2.42. The zero-order valence-electron chi connectivity index (χ0n) is 13.5. The average Bonchev–Trinajstić information content (AvgIpc) is 2.72. The van der Waals surface area contributed by atoms with Gasteiger partial charge in [0.1, 0.15) is 4.88 Å². The molecule has 22 heavy (non-hydrogen) atoms. The van der Waals surface area contributed by atoms with E-state index in [9.17, 15) is 4.79 Å². The van der Waals surface area contributed by atoms with Crippen molar-refractivity contribution in [3.63, 3.8) is 0 Å². The van der Waals surface area contributed by atoms with Gasteiger partial charge in [0.15, 0.2) is 0 Å². The Hall–Kier alpha value is -0.800. The maximum Gasteiger partial charge on any atom is 0.262 e. The molecule has 0 aliphatic heterocycles. The highest BCUT2D eigenvalue weighted by atomic mass is 35.5. The topological polar surface area (TPSA) is 29.1 Å². The number of fused-ring (bicyclic) bond motifs is 4. The predicted molar refractivity (Wildman–Crippen MR) is 93.7 cm³/mol. The summed E-state index contributed by atoms with van der Waals surface area (Å²) in [4.78, 5) is 13.0. The monoisotopic (exact) mass is 337 g/mol. The van der Waals surface area contributed by atoms with Crippen LogP contribution in [0.5, 0.6) is 0 Å². The van der Waals surface area contributed by atoms with Gasteiger partial charge in [-0.3, -0.25) is 4.79 Å². The van der Waals surface area contributed by atoms with Crippen LogP contribution in [0.2, 0.25) is 5.02 Å². The van der Waals surface area contributed by atoms with Gasteiger partial charge in [0, 0.05) is 6.54 Å². The maximum atomic E-state index is 12.4. The summed E-state index contributed by atoms with van der Waals surface area (Å²) in [6.07, 6.45) is 7.35. The molecule has 2 nitrogen and oxygen atoms in total. The van der Waals surface area contributed by atoms with Gasteiger partial charge in [0.2, 0.25) is 0 Å². The fourth-order valence-corrected chi connectivity index (χ4v) is 5.28. The lowest BCUT2D eigenvalue weighted by Crippen LogP contribution is -2.40. The first-order valence-corrected chi connectivity index (χ1v) is 9.33. The molecule has 2 unspecified atom stereocenters. The summed E-state index contributed by atoms with van der Waals surface area (Å²) >= 11 is 7.63. The highest BCUT2D eigenvalue weighted by Gasteiger charge is 2.36. The lowest BCUT2D eigenvalue weighted by atomic mass is 9.64. The zero-order chi connectivity index (χ0) is 15.9. The van der Waals surface area contributed by atoms with Crippen LogP contribution in [-0.2, 0) is 0 Å². The molecule has 1 N–H and O–H groups in total. The van der Waals surface area contributed by atoms with Crippen molar-refractivity contribution >= 4 is 28.8 Å². The van der Waals surface area contributed by atoms with Crippen LogP contribution >= 0.6 is 22.9 Å². The largest absolute Gasteiger partial charge is 0.351 e. The van der Waals surface area contributed by atoms with Gasteiger partial charge < -0.3 is 5.32 Å². The molecule has 0 saturated heterocycles. The van der Waals surface area contributed by atoms with Crippen LogP contribution in [0, 0.1) is 24.2 Å². The van der Waals surface area contributed by atoms with Crippen LogP contribution < -0.4 is 5.32 Å². The van der Waals surface area contributed by atoms with Gasteiger partial charge in [-0.05, 0) is 60.8 Å². The van der Waals surface area contributed by atoms with E-state index in [0.29, 0.717) is 15.8 Å². The molecular formula is C18H24ClNOS. The average molecular weight is 338 g/mol. The normalized spacial score (nSPS) is 30.8. The number of nitrogens with one attached hydrogen (secondary N) is 1. The van der Waals surface area contributed by atoms with Crippen molar-refractivity contribution in [2.45, 2.75) is 46.5 Å². The Balaban J connectivity index is 1.65. The molecule has 1 aromatic heterocycles. The fourth-order valence-electron chi connectivity index (χ4n) is 4.08. The van der Waals surface area contributed by atoms with Crippen molar-refractivity contribution in [1.82, 2.24) is 5.32 Å². The fraction of sp³-hybridized carbons (Fsp3) is 0.611. The summed E-state index contributed by atoms with van der Waals surface area (Å²) in [5, 5.41) is 5.68. The van der Waals surface area contributed by atoms with E-state index in [1.807, 2.05) is 12.3 Å². The number of hydrogen-bond donors (Lipinski definition) is 1. The second-order valence-corrected chi connectivity index (χ2v) is 8.80. The van der Waals surface area contributed by atoms with Crippen LogP contribution in [0.15, 0.2) is 17.0 Å². The van der Waals surface area contributed by atoms with E-state index >= 15 is 0 Å². The van der Waals surface area contributed by atoms with E-state index in [-0.39, 0.29) is 11.3 Å². The molecule has 1 aromatic rings. The van der Waals surface area contributed by atoms with Gasteiger partial charge >= 0.3 is 0 Å². The first-order valence-electron chi connectivity index (χ1n) is 8.08. The van der Waals surface area contributed by atoms with E-state index in [2.05, 4.69) is 25.2 Å². The van der Waals surface area contributed by atoms with Crippen molar-refractivity contribution in [2.24, 2.45) is 17.3 Å². The summed E-state index contributed by atoms with van der Waals surface area (Å²) in [5.41, 5.74) is 2.81. The van der Waals surface area contributed by atoms with Crippen molar-refractivity contribution < 1.29 is 4.79 Å². The standard InChI is InChI=1S/C18H24ClNOS/c1-11-4-13-5-14(6-13)8-18(3,7-11)10-20-17(21)16-15(19)12(2)9-22-16/h4,9,11,14H,5-8,10H2,1-3H3,(H,20,21). The quantitative estimate of drug-likeness (QED) is 0.753. The Labute approximate surface area is 141 Å². The van der Waals surface area contributed by atoms with Crippen molar-refractivity contribution in [2.75, 3.05) is 6.54 Å². The van der Waals surface area contributed by atoms with E-state index < -0.39 is 0 Å². The highest BCUT2D eigenvalue weighted by Crippen LogP contribution is 2.46. The van der Waals surface area contributed by atoms with Gasteiger partial charge in [0.05, 0.1) is 5.02 Å². The number of aryl methyl sites for hydroxylation is 1. The summed E-state index contributed by atoms with van der Waals surface area (Å²) < 4.78 is 0. The Morgan fingerprint density at radius 3 is 2.82 bits per heavy atom. The molecule has 1 heterocycles.